The van der Waals surface area contributed by atoms with E-state index in [2.05, 4.69) is 10.3 Å². The molecule has 1 fully saturated rings. The topological polar surface area (TPSA) is 135 Å². The van der Waals surface area contributed by atoms with E-state index < -0.39 is 40.9 Å². The summed E-state index contributed by atoms with van der Waals surface area (Å²) >= 11 is 0. The van der Waals surface area contributed by atoms with E-state index in [1.54, 1.807) is 41.5 Å². The summed E-state index contributed by atoms with van der Waals surface area (Å²) in [4.78, 5) is 38.5. The van der Waals surface area contributed by atoms with E-state index in [4.69, 9.17) is 14.6 Å². The van der Waals surface area contributed by atoms with Crippen LogP contribution in [-0.4, -0.2) is 51.0 Å². The first-order valence-corrected chi connectivity index (χ1v) is 8.39. The highest BCUT2D eigenvalue weighted by Gasteiger charge is 2.58. The molecule has 1 rings (SSSR count). The lowest BCUT2D eigenvalue weighted by Crippen LogP contribution is -2.37. The van der Waals surface area contributed by atoms with Crippen LogP contribution in [0.4, 0.5) is 9.59 Å². The van der Waals surface area contributed by atoms with Crippen molar-refractivity contribution in [3.05, 3.63) is 0 Å². The average molecular weight is 372 g/mol. The van der Waals surface area contributed by atoms with Gasteiger partial charge < -0.3 is 19.7 Å². The smallest absolute Gasteiger partial charge is 0.435 e. The maximum absolute atomic E-state index is 11.9. The highest BCUT2D eigenvalue weighted by molar-refractivity contribution is 6.00. The molecule has 0 radical (unpaired) electrons. The summed E-state index contributed by atoms with van der Waals surface area (Å²) in [6.07, 6.45) is -1.23. The van der Waals surface area contributed by atoms with Gasteiger partial charge in [-0.3, -0.25) is 5.32 Å². The Kier molecular flexibility index (Phi) is 6.40. The Balaban J connectivity index is 2.77. The second-order valence-corrected chi connectivity index (χ2v) is 8.33. The van der Waals surface area contributed by atoms with E-state index in [0.717, 1.165) is 0 Å². The van der Waals surface area contributed by atoms with E-state index in [-0.39, 0.29) is 25.1 Å². The molecule has 0 aromatic carbocycles. The molecule has 0 bridgehead atoms. The van der Waals surface area contributed by atoms with Crippen molar-refractivity contribution in [3.8, 4) is 0 Å². The summed E-state index contributed by atoms with van der Waals surface area (Å²) in [5.74, 6) is -1.76. The Labute approximate surface area is 152 Å². The first-order chi connectivity index (χ1) is 11.6. The van der Waals surface area contributed by atoms with E-state index in [1.165, 1.54) is 0 Å². The predicted octanol–water partition coefficient (Wildman–Crippen LogP) is 2.46. The third-order valence-electron chi connectivity index (χ3n) is 3.44. The number of amides is 2. The summed E-state index contributed by atoms with van der Waals surface area (Å²) in [5.41, 5.74) is -3.23. The van der Waals surface area contributed by atoms with Gasteiger partial charge in [0.2, 0.25) is 0 Å². The molecule has 0 aromatic rings. The first-order valence-electron chi connectivity index (χ1n) is 8.39. The zero-order chi connectivity index (χ0) is 20.3. The zero-order valence-corrected chi connectivity index (χ0v) is 16.1. The Hall–Kier alpha value is -2.16. The van der Waals surface area contributed by atoms with Gasteiger partial charge in [-0.15, -0.1) is 0 Å². The number of aliphatic hydroxyl groups is 1. The molecule has 1 aliphatic rings. The number of hydrogen-bond donors (Lipinski definition) is 3. The van der Waals surface area contributed by atoms with Crippen LogP contribution in [0.15, 0.2) is 4.99 Å². The number of hydrogen-bond acceptors (Lipinski definition) is 6. The normalized spacial score (nSPS) is 23.2. The summed E-state index contributed by atoms with van der Waals surface area (Å²) in [5, 5.41) is 21.1. The lowest BCUT2D eigenvalue weighted by Gasteiger charge is -2.20. The minimum atomic E-state index is -1.75. The van der Waals surface area contributed by atoms with Crippen LogP contribution in [0.3, 0.4) is 0 Å². The fourth-order valence-corrected chi connectivity index (χ4v) is 2.19. The molecule has 0 aromatic heterocycles. The minimum absolute atomic E-state index is 0.00635. The molecular weight excluding hydrogens is 344 g/mol. The van der Waals surface area contributed by atoms with Gasteiger partial charge in [0, 0.05) is 12.3 Å². The molecule has 9 nitrogen and oxygen atoms in total. The third kappa shape index (κ3) is 7.38. The van der Waals surface area contributed by atoms with E-state index >= 15 is 0 Å². The average Bonchev–Trinajstić information content (AvgIpc) is 3.04. The number of carbonyl (C=O) groups excluding carboxylic acids is 2. The van der Waals surface area contributed by atoms with Crippen LogP contribution in [0.25, 0.3) is 0 Å². The number of carbonyl (C=O) groups is 3. The molecule has 3 N–H and O–H groups in total. The van der Waals surface area contributed by atoms with Crippen LogP contribution in [0.5, 0.6) is 0 Å². The van der Waals surface area contributed by atoms with Gasteiger partial charge in [-0.25, -0.2) is 14.4 Å². The Morgan fingerprint density at radius 2 is 1.65 bits per heavy atom. The maximum atomic E-state index is 11.9. The van der Waals surface area contributed by atoms with Gasteiger partial charge in [0.1, 0.15) is 17.0 Å². The van der Waals surface area contributed by atoms with Gasteiger partial charge in [-0.05, 0) is 54.4 Å². The van der Waals surface area contributed by atoms with Crippen LogP contribution >= 0.6 is 0 Å². The summed E-state index contributed by atoms with van der Waals surface area (Å²) < 4.78 is 10.2. The summed E-state index contributed by atoms with van der Waals surface area (Å²) in [7, 11) is 0. The van der Waals surface area contributed by atoms with Gasteiger partial charge in [0.25, 0.3) is 0 Å². The Morgan fingerprint density at radius 3 is 2.08 bits per heavy atom. The molecular formula is C17H28N2O7. The first kappa shape index (κ1) is 21.9. The standard InChI is InChI=1S/C17H28N2O7/c1-15(2,3)25-13(22)18-11(19-14(23)26-16(4,5)6)8-7-10-9-17(10,24)12(20)21/h10,24H,7-9H2,1-6H3,(H,20,21)(H,18,19,22,23). The van der Waals surface area contributed by atoms with E-state index in [0.29, 0.717) is 0 Å². The second-order valence-electron chi connectivity index (χ2n) is 8.33. The number of nitrogens with one attached hydrogen (secondary N) is 1. The molecule has 2 atom stereocenters. The van der Waals surface area contributed by atoms with Crippen molar-refractivity contribution in [3.63, 3.8) is 0 Å². The van der Waals surface area contributed by atoms with Crippen LogP contribution in [-0.2, 0) is 14.3 Å². The van der Waals surface area contributed by atoms with Gasteiger partial charge >= 0.3 is 18.2 Å². The number of carboxylic acid groups (broad SMARTS) is 1. The second kappa shape index (κ2) is 7.61. The van der Waals surface area contributed by atoms with Crippen molar-refractivity contribution in [1.82, 2.24) is 5.32 Å². The van der Waals surface area contributed by atoms with Crippen molar-refractivity contribution < 1.29 is 34.1 Å². The molecule has 0 heterocycles. The molecule has 0 saturated heterocycles. The highest BCUT2D eigenvalue weighted by Crippen LogP contribution is 2.46. The number of nitrogens with zero attached hydrogens (tertiary/aromatic N) is 1. The van der Waals surface area contributed by atoms with Gasteiger partial charge in [-0.1, -0.05) is 0 Å². The molecule has 0 spiro atoms. The highest BCUT2D eigenvalue weighted by atomic mass is 16.6. The minimum Gasteiger partial charge on any atom is -0.479 e. The molecule has 2 unspecified atom stereocenters. The fourth-order valence-electron chi connectivity index (χ4n) is 2.19. The molecule has 2 amide bonds. The third-order valence-corrected chi connectivity index (χ3v) is 3.44. The summed E-state index contributed by atoms with van der Waals surface area (Å²) in [6, 6.07) is 0. The molecule has 1 saturated carbocycles. The number of rotatable bonds is 4. The van der Waals surface area contributed by atoms with Crippen molar-refractivity contribution in [1.29, 1.82) is 0 Å². The van der Waals surface area contributed by atoms with Crippen LogP contribution in [0.2, 0.25) is 0 Å². The van der Waals surface area contributed by atoms with Gasteiger partial charge in [-0.2, -0.15) is 4.99 Å². The van der Waals surface area contributed by atoms with Crippen molar-refractivity contribution in [2.45, 2.75) is 77.6 Å². The van der Waals surface area contributed by atoms with Crippen molar-refractivity contribution in [2.75, 3.05) is 0 Å². The zero-order valence-electron chi connectivity index (χ0n) is 16.1. The number of aliphatic carboxylic acids is 1. The number of amidine groups is 1. The lowest BCUT2D eigenvalue weighted by atomic mass is 10.1. The molecule has 26 heavy (non-hydrogen) atoms. The van der Waals surface area contributed by atoms with Crippen molar-refractivity contribution >= 4 is 24.0 Å². The van der Waals surface area contributed by atoms with Gasteiger partial charge in [0.15, 0.2) is 5.60 Å². The summed E-state index contributed by atoms with van der Waals surface area (Å²) in [6.45, 7) is 10.1. The fraction of sp³-hybridized carbons (Fsp3) is 0.765. The quantitative estimate of drug-likeness (QED) is 0.509. The Bertz CT molecular complexity index is 601. The monoisotopic (exact) mass is 372 g/mol. The molecule has 9 heteroatoms. The number of aliphatic imine (C=N–C) groups is 1. The van der Waals surface area contributed by atoms with Crippen LogP contribution in [0.1, 0.15) is 60.8 Å². The van der Waals surface area contributed by atoms with E-state index in [1.807, 2.05) is 0 Å². The van der Waals surface area contributed by atoms with Crippen LogP contribution in [0, 0.1) is 5.92 Å². The maximum Gasteiger partial charge on any atom is 0.435 e. The van der Waals surface area contributed by atoms with Crippen LogP contribution < -0.4 is 5.32 Å². The van der Waals surface area contributed by atoms with E-state index in [9.17, 15) is 19.5 Å². The number of carboxylic acids is 1. The Morgan fingerprint density at radius 1 is 1.12 bits per heavy atom. The SMILES string of the molecule is CC(C)(C)OC(=O)N=C(CCC1CC1(O)C(=O)O)NC(=O)OC(C)(C)C. The molecule has 1 aliphatic carbocycles. The largest absolute Gasteiger partial charge is 0.479 e. The lowest BCUT2D eigenvalue weighted by molar-refractivity contribution is -0.150. The molecule has 148 valence electrons. The molecule has 0 aliphatic heterocycles. The van der Waals surface area contributed by atoms with Gasteiger partial charge in [0.05, 0.1) is 0 Å². The predicted molar refractivity (Wildman–Crippen MR) is 93.0 cm³/mol. The number of alkyl carbamates (subject to hydrolysis) is 1. The van der Waals surface area contributed by atoms with Crippen molar-refractivity contribution in [2.24, 2.45) is 10.9 Å². The number of ether oxygens (including phenoxy) is 2.